The molecular weight excluding hydrogens is 390 g/mol. The number of amides is 2. The van der Waals surface area contributed by atoms with Crippen molar-refractivity contribution in [2.24, 2.45) is 0 Å². The maximum Gasteiger partial charge on any atom is 0.262 e. The fourth-order valence-electron chi connectivity index (χ4n) is 2.39. The second-order valence-electron chi connectivity index (χ2n) is 6.25. The van der Waals surface area contributed by atoms with Gasteiger partial charge in [0, 0.05) is 16.6 Å². The van der Waals surface area contributed by atoms with Gasteiger partial charge in [-0.15, -0.1) is 11.8 Å². The van der Waals surface area contributed by atoms with E-state index in [1.54, 1.807) is 37.3 Å². The first-order valence-corrected chi connectivity index (χ1v) is 9.86. The van der Waals surface area contributed by atoms with Crippen molar-refractivity contribution in [2.45, 2.75) is 24.0 Å². The molecule has 0 aliphatic rings. The molecule has 0 spiro atoms. The molecular formula is C21H21N3O4S. The van der Waals surface area contributed by atoms with Crippen LogP contribution in [-0.2, 0) is 9.59 Å². The second-order valence-corrected chi connectivity index (χ2v) is 7.66. The molecule has 150 valence electrons. The fraction of sp³-hybridized carbons (Fsp3) is 0.190. The van der Waals surface area contributed by atoms with Gasteiger partial charge in [-0.3, -0.25) is 9.59 Å². The third-order valence-corrected chi connectivity index (χ3v) is 4.92. The molecule has 3 rings (SSSR count). The van der Waals surface area contributed by atoms with Crippen LogP contribution in [0.25, 0.3) is 0 Å². The Labute approximate surface area is 172 Å². The monoisotopic (exact) mass is 411 g/mol. The molecule has 8 heteroatoms. The van der Waals surface area contributed by atoms with Gasteiger partial charge >= 0.3 is 0 Å². The van der Waals surface area contributed by atoms with Crippen molar-refractivity contribution in [1.82, 2.24) is 5.16 Å². The fourth-order valence-corrected chi connectivity index (χ4v) is 3.26. The van der Waals surface area contributed by atoms with E-state index < -0.39 is 0 Å². The Morgan fingerprint density at radius 1 is 1.10 bits per heavy atom. The molecule has 1 heterocycles. The largest absolute Gasteiger partial charge is 0.484 e. The number of thioether (sulfide) groups is 1. The van der Waals surface area contributed by atoms with Crippen molar-refractivity contribution >= 4 is 35.1 Å². The number of hydrogen-bond acceptors (Lipinski definition) is 6. The molecule has 0 aliphatic carbocycles. The highest BCUT2D eigenvalue weighted by molar-refractivity contribution is 8.00. The van der Waals surface area contributed by atoms with Gasteiger partial charge < -0.3 is 19.9 Å². The highest BCUT2D eigenvalue weighted by atomic mass is 32.2. The zero-order valence-electron chi connectivity index (χ0n) is 16.0. The van der Waals surface area contributed by atoms with Crippen molar-refractivity contribution < 1.29 is 18.8 Å². The van der Waals surface area contributed by atoms with E-state index in [-0.39, 0.29) is 23.7 Å². The number of rotatable bonds is 8. The molecule has 1 aromatic heterocycles. The zero-order valence-corrected chi connectivity index (χ0v) is 16.9. The van der Waals surface area contributed by atoms with E-state index in [0.717, 1.165) is 4.90 Å². The van der Waals surface area contributed by atoms with Crippen LogP contribution >= 0.6 is 11.8 Å². The summed E-state index contributed by atoms with van der Waals surface area (Å²) < 4.78 is 10.4. The lowest BCUT2D eigenvalue weighted by Gasteiger charge is -2.11. The summed E-state index contributed by atoms with van der Waals surface area (Å²) >= 11 is 1.41. The molecule has 0 fully saturated rings. The molecule has 3 aromatic rings. The maximum absolute atomic E-state index is 12.2. The molecule has 2 N–H and O–H groups in total. The first kappa shape index (κ1) is 20.5. The topological polar surface area (TPSA) is 93.5 Å². The summed E-state index contributed by atoms with van der Waals surface area (Å²) in [5.41, 5.74) is 0.659. The van der Waals surface area contributed by atoms with E-state index in [1.165, 1.54) is 11.8 Å². The minimum absolute atomic E-state index is 0.0702. The molecule has 0 aliphatic heterocycles. The van der Waals surface area contributed by atoms with Gasteiger partial charge in [-0.2, -0.15) is 0 Å². The summed E-state index contributed by atoms with van der Waals surface area (Å²) in [6.07, 6.45) is 0. The molecule has 2 aromatic carbocycles. The van der Waals surface area contributed by atoms with E-state index in [0.29, 0.717) is 23.0 Å². The number of carbonyl (C=O) groups is 2. The highest BCUT2D eigenvalue weighted by Gasteiger charge is 2.16. The standard InChI is InChI=1S/C21H21N3O4S/c1-14-12-19(24-28-14)23-21(26)15(2)29-18-10-8-16(9-11-18)22-20(25)13-27-17-6-4-3-5-7-17/h3-12,15H,13H2,1-2H3,(H,22,25)(H,23,24,26). The van der Waals surface area contributed by atoms with Crippen LogP contribution in [0.4, 0.5) is 11.5 Å². The van der Waals surface area contributed by atoms with E-state index >= 15 is 0 Å². The number of carbonyl (C=O) groups excluding carboxylic acids is 2. The summed E-state index contributed by atoms with van der Waals surface area (Å²) in [5, 5.41) is 8.92. The Hall–Kier alpha value is -3.26. The Bertz CT molecular complexity index is 958. The Balaban J connectivity index is 1.46. The molecule has 7 nitrogen and oxygen atoms in total. The summed E-state index contributed by atoms with van der Waals surface area (Å²) in [4.78, 5) is 25.2. The van der Waals surface area contributed by atoms with Crippen LogP contribution in [-0.4, -0.2) is 28.8 Å². The van der Waals surface area contributed by atoms with Gasteiger partial charge in [0.1, 0.15) is 11.5 Å². The summed E-state index contributed by atoms with van der Waals surface area (Å²) in [6.45, 7) is 3.50. The first-order chi connectivity index (χ1) is 14.0. The number of nitrogens with one attached hydrogen (secondary N) is 2. The average Bonchev–Trinajstić information content (AvgIpc) is 3.13. The maximum atomic E-state index is 12.2. The number of para-hydroxylation sites is 1. The smallest absolute Gasteiger partial charge is 0.262 e. The Morgan fingerprint density at radius 3 is 2.48 bits per heavy atom. The van der Waals surface area contributed by atoms with E-state index in [4.69, 9.17) is 9.26 Å². The molecule has 1 atom stereocenters. The van der Waals surface area contributed by atoms with Gasteiger partial charge in [-0.25, -0.2) is 0 Å². The van der Waals surface area contributed by atoms with E-state index in [2.05, 4.69) is 15.8 Å². The molecule has 0 bridgehead atoms. The third kappa shape index (κ3) is 6.39. The van der Waals surface area contributed by atoms with E-state index in [1.807, 2.05) is 37.3 Å². The van der Waals surface area contributed by atoms with Gasteiger partial charge in [-0.05, 0) is 50.2 Å². The highest BCUT2D eigenvalue weighted by Crippen LogP contribution is 2.25. The number of nitrogens with zero attached hydrogens (tertiary/aromatic N) is 1. The minimum Gasteiger partial charge on any atom is -0.484 e. The van der Waals surface area contributed by atoms with Crippen molar-refractivity contribution in [3.63, 3.8) is 0 Å². The Morgan fingerprint density at radius 2 is 1.83 bits per heavy atom. The van der Waals surface area contributed by atoms with Crippen molar-refractivity contribution in [2.75, 3.05) is 17.2 Å². The predicted octanol–water partition coefficient (Wildman–Crippen LogP) is 4.12. The zero-order chi connectivity index (χ0) is 20.6. The first-order valence-electron chi connectivity index (χ1n) is 8.98. The van der Waals surface area contributed by atoms with Crippen LogP contribution in [0, 0.1) is 6.92 Å². The number of aryl methyl sites for hydroxylation is 1. The number of benzene rings is 2. The van der Waals surface area contributed by atoms with Crippen LogP contribution in [0.5, 0.6) is 5.75 Å². The minimum atomic E-state index is -0.327. The number of hydrogen-bond donors (Lipinski definition) is 2. The summed E-state index contributed by atoms with van der Waals surface area (Å²) in [6, 6.07) is 18.1. The lowest BCUT2D eigenvalue weighted by molar-refractivity contribution is -0.118. The third-order valence-electron chi connectivity index (χ3n) is 3.81. The number of anilines is 2. The van der Waals surface area contributed by atoms with Gasteiger partial charge in [0.05, 0.1) is 5.25 Å². The second kappa shape index (κ2) is 9.79. The average molecular weight is 411 g/mol. The summed E-state index contributed by atoms with van der Waals surface area (Å²) in [5.74, 6) is 1.26. The van der Waals surface area contributed by atoms with Crippen LogP contribution in [0.15, 0.2) is 70.1 Å². The molecule has 0 radical (unpaired) electrons. The van der Waals surface area contributed by atoms with Crippen molar-refractivity contribution in [3.05, 3.63) is 66.4 Å². The van der Waals surface area contributed by atoms with Crippen molar-refractivity contribution in [1.29, 1.82) is 0 Å². The van der Waals surface area contributed by atoms with Gasteiger partial charge in [0.15, 0.2) is 12.4 Å². The lowest BCUT2D eigenvalue weighted by atomic mass is 10.3. The van der Waals surface area contributed by atoms with Gasteiger partial charge in [-0.1, -0.05) is 23.4 Å². The quantitative estimate of drug-likeness (QED) is 0.542. The SMILES string of the molecule is Cc1cc(NC(=O)C(C)Sc2ccc(NC(=O)COc3ccccc3)cc2)no1. The number of ether oxygens (including phenoxy) is 1. The van der Waals surface area contributed by atoms with Crippen LogP contribution in [0.3, 0.4) is 0 Å². The van der Waals surface area contributed by atoms with Crippen LogP contribution in [0.2, 0.25) is 0 Å². The van der Waals surface area contributed by atoms with Gasteiger partial charge in [0.25, 0.3) is 5.91 Å². The van der Waals surface area contributed by atoms with Gasteiger partial charge in [0.2, 0.25) is 5.91 Å². The summed E-state index contributed by atoms with van der Waals surface area (Å²) in [7, 11) is 0. The normalized spacial score (nSPS) is 11.5. The molecule has 1 unspecified atom stereocenters. The number of aromatic nitrogens is 1. The van der Waals surface area contributed by atoms with Crippen molar-refractivity contribution in [3.8, 4) is 5.75 Å². The molecule has 2 amide bonds. The molecule has 0 saturated carbocycles. The van der Waals surface area contributed by atoms with Crippen LogP contribution < -0.4 is 15.4 Å². The predicted molar refractivity (Wildman–Crippen MR) is 112 cm³/mol. The van der Waals surface area contributed by atoms with Crippen LogP contribution in [0.1, 0.15) is 12.7 Å². The molecule has 29 heavy (non-hydrogen) atoms. The molecule has 0 saturated heterocycles. The lowest BCUT2D eigenvalue weighted by Crippen LogP contribution is -2.22. The van der Waals surface area contributed by atoms with E-state index in [9.17, 15) is 9.59 Å². The Kier molecular flexibility index (Phi) is 6.91.